The Morgan fingerprint density at radius 2 is 1.48 bits per heavy atom. The molecule has 8 heteroatoms. The molecule has 0 aliphatic rings. The molecule has 0 aromatic heterocycles. The second-order valence-electron chi connectivity index (χ2n) is 4.90. The van der Waals surface area contributed by atoms with Crippen molar-refractivity contribution >= 4 is 11.9 Å². The first kappa shape index (κ1) is 20.7. The van der Waals surface area contributed by atoms with Gasteiger partial charge in [0.1, 0.15) is 17.1 Å². The molecule has 0 radical (unpaired) electrons. The summed E-state index contributed by atoms with van der Waals surface area (Å²) < 4.78 is 30.5. The molecule has 0 amide bonds. The third kappa shape index (κ3) is 5.33. The van der Waals surface area contributed by atoms with Gasteiger partial charge in [-0.2, -0.15) is 0 Å². The number of carbonyl (C=O) groups is 2. The lowest BCUT2D eigenvalue weighted by molar-refractivity contribution is -0.139. The highest BCUT2D eigenvalue weighted by atomic mass is 16.7. The van der Waals surface area contributed by atoms with Crippen molar-refractivity contribution in [2.45, 2.75) is 19.8 Å². The quantitative estimate of drug-likeness (QED) is 0.462. The van der Waals surface area contributed by atoms with E-state index in [4.69, 9.17) is 28.4 Å². The van der Waals surface area contributed by atoms with Crippen LogP contribution in [0.3, 0.4) is 0 Å². The molecule has 0 fully saturated rings. The Hall–Kier alpha value is -2.32. The monoisotopic (exact) mass is 356 g/mol. The van der Waals surface area contributed by atoms with Gasteiger partial charge in [0.2, 0.25) is 0 Å². The molecule has 8 nitrogen and oxygen atoms in total. The summed E-state index contributed by atoms with van der Waals surface area (Å²) in [6.45, 7) is 1.80. The number of methoxy groups -OCH3 is 4. The molecule has 0 bridgehead atoms. The van der Waals surface area contributed by atoms with Gasteiger partial charge in [0.15, 0.2) is 13.6 Å². The van der Waals surface area contributed by atoms with Gasteiger partial charge in [0.05, 0.1) is 20.6 Å². The van der Waals surface area contributed by atoms with Crippen LogP contribution in [0.4, 0.5) is 0 Å². The Morgan fingerprint density at radius 1 is 0.880 bits per heavy atom. The molecular weight excluding hydrogens is 332 g/mol. The van der Waals surface area contributed by atoms with E-state index in [9.17, 15) is 9.59 Å². The summed E-state index contributed by atoms with van der Waals surface area (Å²) in [7, 11) is 5.48. The van der Waals surface area contributed by atoms with E-state index in [1.165, 1.54) is 28.4 Å². The molecule has 0 aliphatic carbocycles. The lowest BCUT2D eigenvalue weighted by Gasteiger charge is -2.20. The first-order valence-corrected chi connectivity index (χ1v) is 7.61. The van der Waals surface area contributed by atoms with Crippen LogP contribution in [0.5, 0.6) is 11.5 Å². The Kier molecular flexibility index (Phi) is 8.73. The largest absolute Gasteiger partial charge is 0.469 e. The maximum atomic E-state index is 12.3. The van der Waals surface area contributed by atoms with Gasteiger partial charge >= 0.3 is 11.9 Å². The number of rotatable bonds is 10. The first-order valence-electron chi connectivity index (χ1n) is 7.61. The van der Waals surface area contributed by atoms with Crippen LogP contribution in [0.2, 0.25) is 0 Å². The van der Waals surface area contributed by atoms with Crippen molar-refractivity contribution in [3.05, 3.63) is 22.8 Å². The normalized spacial score (nSPS) is 10.3. The summed E-state index contributed by atoms with van der Waals surface area (Å²) in [5.74, 6) is -0.489. The highest BCUT2D eigenvalue weighted by Gasteiger charge is 2.26. The van der Waals surface area contributed by atoms with Crippen LogP contribution in [0, 0.1) is 0 Å². The van der Waals surface area contributed by atoms with Crippen molar-refractivity contribution in [1.82, 2.24) is 0 Å². The molecule has 0 N–H and O–H groups in total. The molecule has 0 heterocycles. The number of carbonyl (C=O) groups excluding carboxylic acids is 2. The number of hydrogen-bond donors (Lipinski definition) is 0. The van der Waals surface area contributed by atoms with Crippen LogP contribution in [-0.4, -0.2) is 54.0 Å². The van der Waals surface area contributed by atoms with E-state index in [0.29, 0.717) is 23.3 Å². The smallest absolute Gasteiger partial charge is 0.341 e. The predicted octanol–water partition coefficient (Wildman–Crippen LogP) is 1.72. The van der Waals surface area contributed by atoms with Crippen molar-refractivity contribution in [2.75, 3.05) is 42.0 Å². The number of hydrogen-bond acceptors (Lipinski definition) is 8. The Bertz CT molecular complexity index is 597. The number of ether oxygens (including phenoxy) is 6. The van der Waals surface area contributed by atoms with E-state index in [-0.39, 0.29) is 31.3 Å². The van der Waals surface area contributed by atoms with Gasteiger partial charge in [-0.05, 0) is 17.5 Å². The van der Waals surface area contributed by atoms with Crippen LogP contribution in [0.1, 0.15) is 28.4 Å². The fourth-order valence-corrected chi connectivity index (χ4v) is 2.34. The van der Waals surface area contributed by atoms with Gasteiger partial charge in [0, 0.05) is 20.3 Å². The molecule has 0 atom stereocenters. The Morgan fingerprint density at radius 3 is 1.96 bits per heavy atom. The fraction of sp³-hybridized carbons (Fsp3) is 0.529. The Labute approximate surface area is 146 Å². The summed E-state index contributed by atoms with van der Waals surface area (Å²) in [4.78, 5) is 24.2. The summed E-state index contributed by atoms with van der Waals surface area (Å²) in [5.41, 5.74) is 1.25. The zero-order valence-electron chi connectivity index (χ0n) is 15.2. The maximum Gasteiger partial charge on any atom is 0.341 e. The highest BCUT2D eigenvalue weighted by Crippen LogP contribution is 2.35. The van der Waals surface area contributed by atoms with E-state index in [1.807, 2.05) is 6.92 Å². The van der Waals surface area contributed by atoms with Crippen LogP contribution in [0.25, 0.3) is 0 Å². The molecular formula is C17H24O8. The van der Waals surface area contributed by atoms with E-state index in [1.54, 1.807) is 6.07 Å². The first-order chi connectivity index (χ1) is 12.0. The zero-order valence-corrected chi connectivity index (χ0v) is 15.2. The molecule has 0 aliphatic heterocycles. The minimum absolute atomic E-state index is 0.00591. The molecule has 0 spiro atoms. The lowest BCUT2D eigenvalue weighted by Crippen LogP contribution is -2.17. The van der Waals surface area contributed by atoms with Gasteiger partial charge < -0.3 is 28.4 Å². The topological polar surface area (TPSA) is 89.5 Å². The number of esters is 2. The van der Waals surface area contributed by atoms with Crippen molar-refractivity contribution in [2.24, 2.45) is 0 Å². The summed E-state index contributed by atoms with van der Waals surface area (Å²) in [5, 5.41) is 0. The van der Waals surface area contributed by atoms with Crippen molar-refractivity contribution < 1.29 is 38.0 Å². The third-order valence-corrected chi connectivity index (χ3v) is 3.43. The van der Waals surface area contributed by atoms with Crippen LogP contribution < -0.4 is 9.47 Å². The molecule has 1 aromatic rings. The summed E-state index contributed by atoms with van der Waals surface area (Å²) >= 11 is 0. The van der Waals surface area contributed by atoms with E-state index < -0.39 is 11.9 Å². The second-order valence-corrected chi connectivity index (χ2v) is 4.90. The fourth-order valence-electron chi connectivity index (χ4n) is 2.34. The van der Waals surface area contributed by atoms with Crippen molar-refractivity contribution in [1.29, 1.82) is 0 Å². The average molecular weight is 356 g/mol. The maximum absolute atomic E-state index is 12.3. The van der Waals surface area contributed by atoms with Gasteiger partial charge in [-0.15, -0.1) is 0 Å². The van der Waals surface area contributed by atoms with Crippen molar-refractivity contribution in [3.8, 4) is 11.5 Å². The SMILES string of the molecule is CCc1c(OCOC)cc(OCOC)c(C(=O)OC)c1CC(=O)OC. The third-order valence-electron chi connectivity index (χ3n) is 3.43. The highest BCUT2D eigenvalue weighted by molar-refractivity contribution is 5.96. The molecule has 0 unspecified atom stereocenters. The molecule has 1 rings (SSSR count). The van der Waals surface area contributed by atoms with E-state index >= 15 is 0 Å². The standard InChI is InChI=1S/C17H24O8/c1-6-11-12(7-15(18)22-4)16(17(19)23-5)14(25-10-21-3)8-13(11)24-9-20-2/h8H,6-7,9-10H2,1-5H3. The molecule has 0 saturated heterocycles. The predicted molar refractivity (Wildman–Crippen MR) is 87.9 cm³/mol. The minimum atomic E-state index is -0.627. The van der Waals surface area contributed by atoms with E-state index in [2.05, 4.69) is 0 Å². The zero-order chi connectivity index (χ0) is 18.8. The van der Waals surface area contributed by atoms with Crippen LogP contribution in [0.15, 0.2) is 6.07 Å². The average Bonchev–Trinajstić information content (AvgIpc) is 2.63. The summed E-state index contributed by atoms with van der Waals surface area (Å²) in [6.07, 6.45) is 0.386. The Balaban J connectivity index is 3.59. The van der Waals surface area contributed by atoms with Crippen LogP contribution >= 0.6 is 0 Å². The van der Waals surface area contributed by atoms with Crippen LogP contribution in [-0.2, 0) is 36.6 Å². The molecule has 140 valence electrons. The van der Waals surface area contributed by atoms with Gasteiger partial charge in [-0.1, -0.05) is 6.92 Å². The summed E-state index contributed by atoms with van der Waals surface area (Å²) in [6, 6.07) is 1.56. The van der Waals surface area contributed by atoms with E-state index in [0.717, 1.165) is 0 Å². The second kappa shape index (κ2) is 10.5. The van der Waals surface area contributed by atoms with Gasteiger partial charge in [0.25, 0.3) is 0 Å². The number of benzene rings is 1. The van der Waals surface area contributed by atoms with Crippen molar-refractivity contribution in [3.63, 3.8) is 0 Å². The van der Waals surface area contributed by atoms with Gasteiger partial charge in [-0.25, -0.2) is 4.79 Å². The van der Waals surface area contributed by atoms with Gasteiger partial charge in [-0.3, -0.25) is 4.79 Å². The molecule has 25 heavy (non-hydrogen) atoms. The lowest BCUT2D eigenvalue weighted by atomic mass is 9.94. The minimum Gasteiger partial charge on any atom is -0.469 e. The molecule has 0 saturated carbocycles. The molecule has 1 aromatic carbocycles.